The molecule has 6 heteroatoms. The smallest absolute Gasteiger partial charge is 0.264 e. The molecule has 0 bridgehead atoms. The van der Waals surface area contributed by atoms with Gasteiger partial charge in [0, 0.05) is 13.7 Å². The number of hydrogen-bond donors (Lipinski definition) is 1. The van der Waals surface area contributed by atoms with Crippen LogP contribution in [0.5, 0.6) is 0 Å². The maximum Gasteiger partial charge on any atom is 0.264 e. The van der Waals surface area contributed by atoms with Crippen LogP contribution in [0.3, 0.4) is 0 Å². The first-order chi connectivity index (χ1) is 9.04. The summed E-state index contributed by atoms with van der Waals surface area (Å²) >= 11 is 1.99. The molecule has 108 valence electrons. The summed E-state index contributed by atoms with van der Waals surface area (Å²) in [5.41, 5.74) is -0.00255. The molecule has 1 heterocycles. The molecule has 0 unspecified atom stereocenters. The third kappa shape index (κ3) is 3.55. The van der Waals surface area contributed by atoms with Gasteiger partial charge < -0.3 is 14.5 Å². The minimum Gasteiger partial charge on any atom is -0.378 e. The SMILES string of the molecule is CCOC(CC)(CC)c1nc(COC)c(I)c(=O)[nH]1. The fourth-order valence-electron chi connectivity index (χ4n) is 2.09. The van der Waals surface area contributed by atoms with Crippen LogP contribution >= 0.6 is 22.6 Å². The zero-order valence-corrected chi connectivity index (χ0v) is 14.0. The number of nitrogens with zero attached hydrogens (tertiary/aromatic N) is 1. The summed E-state index contributed by atoms with van der Waals surface area (Å²) in [4.78, 5) is 19.4. The van der Waals surface area contributed by atoms with Crippen LogP contribution in [0.2, 0.25) is 0 Å². The van der Waals surface area contributed by atoms with E-state index in [0.29, 0.717) is 28.3 Å². The minimum atomic E-state index is -0.527. The maximum atomic E-state index is 12.0. The first-order valence-corrected chi connectivity index (χ1v) is 7.54. The lowest BCUT2D eigenvalue weighted by Gasteiger charge is -2.30. The molecule has 0 aliphatic carbocycles. The maximum absolute atomic E-state index is 12.0. The molecule has 0 amide bonds. The molecule has 0 aromatic carbocycles. The third-order valence-corrected chi connectivity index (χ3v) is 4.32. The van der Waals surface area contributed by atoms with E-state index in [1.54, 1.807) is 7.11 Å². The average Bonchev–Trinajstić information content (AvgIpc) is 2.41. The van der Waals surface area contributed by atoms with E-state index in [4.69, 9.17) is 9.47 Å². The number of nitrogens with one attached hydrogen (secondary N) is 1. The molecule has 0 fully saturated rings. The predicted octanol–water partition coefficient (Wildman–Crippen LogP) is 2.57. The van der Waals surface area contributed by atoms with Crippen LogP contribution in [0, 0.1) is 3.57 Å². The Bertz CT molecular complexity index is 469. The molecule has 0 saturated heterocycles. The number of rotatable bonds is 7. The average molecular weight is 380 g/mol. The van der Waals surface area contributed by atoms with Crippen molar-refractivity contribution >= 4 is 22.6 Å². The lowest BCUT2D eigenvalue weighted by Crippen LogP contribution is -2.34. The van der Waals surface area contributed by atoms with E-state index in [9.17, 15) is 4.79 Å². The molecular weight excluding hydrogens is 359 g/mol. The van der Waals surface area contributed by atoms with Gasteiger partial charge in [0.15, 0.2) is 0 Å². The number of aromatic nitrogens is 2. The zero-order valence-electron chi connectivity index (χ0n) is 11.9. The lowest BCUT2D eigenvalue weighted by atomic mass is 9.95. The van der Waals surface area contributed by atoms with Crippen LogP contribution in [0.25, 0.3) is 0 Å². The number of halogens is 1. The van der Waals surface area contributed by atoms with Gasteiger partial charge in [-0.2, -0.15) is 0 Å². The van der Waals surface area contributed by atoms with E-state index in [-0.39, 0.29) is 5.56 Å². The van der Waals surface area contributed by atoms with Crippen molar-refractivity contribution in [2.45, 2.75) is 45.8 Å². The van der Waals surface area contributed by atoms with Gasteiger partial charge in [-0.3, -0.25) is 4.79 Å². The fraction of sp³-hybridized carbons (Fsp3) is 0.692. The van der Waals surface area contributed by atoms with Crippen molar-refractivity contribution in [3.63, 3.8) is 0 Å². The molecule has 19 heavy (non-hydrogen) atoms. The number of ether oxygens (including phenoxy) is 2. The third-order valence-electron chi connectivity index (χ3n) is 3.21. The van der Waals surface area contributed by atoms with E-state index in [1.165, 1.54) is 0 Å². The van der Waals surface area contributed by atoms with E-state index in [0.717, 1.165) is 12.8 Å². The molecule has 0 atom stereocenters. The van der Waals surface area contributed by atoms with Crippen LogP contribution in [0.4, 0.5) is 0 Å². The molecular formula is C13H21IN2O3. The van der Waals surface area contributed by atoms with Gasteiger partial charge in [-0.05, 0) is 42.4 Å². The van der Waals surface area contributed by atoms with Crippen molar-refractivity contribution in [1.82, 2.24) is 9.97 Å². The number of aromatic amines is 1. The Morgan fingerprint density at radius 2 is 1.95 bits per heavy atom. The highest BCUT2D eigenvalue weighted by Gasteiger charge is 2.32. The van der Waals surface area contributed by atoms with E-state index < -0.39 is 5.60 Å². The highest BCUT2D eigenvalue weighted by molar-refractivity contribution is 14.1. The highest BCUT2D eigenvalue weighted by atomic mass is 127. The Kier molecular flexibility index (Phi) is 6.41. The molecule has 0 aliphatic rings. The van der Waals surface area contributed by atoms with Crippen LogP contribution in [-0.2, 0) is 21.7 Å². The number of hydrogen-bond acceptors (Lipinski definition) is 4. The van der Waals surface area contributed by atoms with Gasteiger partial charge in [0.05, 0.1) is 12.3 Å². The van der Waals surface area contributed by atoms with Crippen LogP contribution in [0.1, 0.15) is 45.1 Å². The van der Waals surface area contributed by atoms with Crippen molar-refractivity contribution in [2.24, 2.45) is 0 Å². The van der Waals surface area contributed by atoms with Gasteiger partial charge in [0.1, 0.15) is 15.0 Å². The van der Waals surface area contributed by atoms with Crippen LogP contribution < -0.4 is 5.56 Å². The summed E-state index contributed by atoms with van der Waals surface area (Å²) < 4.78 is 11.5. The van der Waals surface area contributed by atoms with Crippen LogP contribution in [-0.4, -0.2) is 23.7 Å². The molecule has 1 N–H and O–H groups in total. The van der Waals surface area contributed by atoms with Crippen molar-refractivity contribution in [1.29, 1.82) is 0 Å². The highest BCUT2D eigenvalue weighted by Crippen LogP contribution is 2.30. The van der Waals surface area contributed by atoms with Crippen LogP contribution in [0.15, 0.2) is 4.79 Å². The standard InChI is InChI=1S/C13H21IN2O3/c1-5-13(6-2,19-7-3)12-15-9(8-18-4)10(14)11(17)16-12/h5-8H2,1-4H3,(H,15,16,17). The normalized spacial score (nSPS) is 11.8. The number of methoxy groups -OCH3 is 1. The first-order valence-electron chi connectivity index (χ1n) is 6.46. The predicted molar refractivity (Wildman–Crippen MR) is 82.2 cm³/mol. The van der Waals surface area contributed by atoms with Gasteiger partial charge in [0.25, 0.3) is 5.56 Å². The first kappa shape index (κ1) is 16.6. The molecule has 0 spiro atoms. The van der Waals surface area contributed by atoms with Crippen molar-refractivity contribution in [3.8, 4) is 0 Å². The second-order valence-electron chi connectivity index (χ2n) is 4.24. The van der Waals surface area contributed by atoms with Gasteiger partial charge in [-0.25, -0.2) is 4.98 Å². The quantitative estimate of drug-likeness (QED) is 0.739. The minimum absolute atomic E-state index is 0.136. The second-order valence-corrected chi connectivity index (χ2v) is 5.32. The van der Waals surface area contributed by atoms with E-state index in [1.807, 2.05) is 43.4 Å². The Morgan fingerprint density at radius 1 is 1.32 bits per heavy atom. The largest absolute Gasteiger partial charge is 0.378 e. The topological polar surface area (TPSA) is 64.2 Å². The molecule has 0 radical (unpaired) electrons. The fourth-order valence-corrected chi connectivity index (χ4v) is 2.50. The van der Waals surface area contributed by atoms with E-state index >= 15 is 0 Å². The lowest BCUT2D eigenvalue weighted by molar-refractivity contribution is -0.0576. The van der Waals surface area contributed by atoms with Gasteiger partial charge >= 0.3 is 0 Å². The van der Waals surface area contributed by atoms with Gasteiger partial charge in [0.2, 0.25) is 0 Å². The van der Waals surface area contributed by atoms with Crippen molar-refractivity contribution in [3.05, 3.63) is 25.4 Å². The van der Waals surface area contributed by atoms with Gasteiger partial charge in [-0.15, -0.1) is 0 Å². The molecule has 5 nitrogen and oxygen atoms in total. The Morgan fingerprint density at radius 3 is 2.42 bits per heavy atom. The van der Waals surface area contributed by atoms with Crippen molar-refractivity contribution in [2.75, 3.05) is 13.7 Å². The molecule has 1 aromatic heterocycles. The van der Waals surface area contributed by atoms with Gasteiger partial charge in [-0.1, -0.05) is 13.8 Å². The van der Waals surface area contributed by atoms with Crippen molar-refractivity contribution < 1.29 is 9.47 Å². The summed E-state index contributed by atoms with van der Waals surface area (Å²) in [7, 11) is 1.59. The second kappa shape index (κ2) is 7.35. The summed E-state index contributed by atoms with van der Waals surface area (Å²) in [6.07, 6.45) is 1.51. The molecule has 0 aliphatic heterocycles. The van der Waals surface area contributed by atoms with E-state index in [2.05, 4.69) is 9.97 Å². The Balaban J connectivity index is 3.35. The zero-order chi connectivity index (χ0) is 14.5. The summed E-state index contributed by atoms with van der Waals surface area (Å²) in [6.45, 7) is 6.92. The Labute approximate surface area is 127 Å². The number of H-pyrrole nitrogens is 1. The summed E-state index contributed by atoms with van der Waals surface area (Å²) in [6, 6.07) is 0. The Hall–Kier alpha value is -0.470. The molecule has 0 saturated carbocycles. The monoisotopic (exact) mass is 380 g/mol. The summed E-state index contributed by atoms with van der Waals surface area (Å²) in [5, 5.41) is 0. The summed E-state index contributed by atoms with van der Waals surface area (Å²) in [5.74, 6) is 0.594. The molecule has 1 rings (SSSR count). The molecule has 1 aromatic rings.